The van der Waals surface area contributed by atoms with Crippen molar-refractivity contribution in [3.05, 3.63) is 41.7 Å². The van der Waals surface area contributed by atoms with Gasteiger partial charge in [-0.25, -0.2) is 0 Å². The smallest absolute Gasteiger partial charge is 0.312 e. The summed E-state index contributed by atoms with van der Waals surface area (Å²) in [5.74, 6) is 2.49. The Kier molecular flexibility index (Phi) is 8.94. The van der Waals surface area contributed by atoms with Gasteiger partial charge in [-0.2, -0.15) is 0 Å². The van der Waals surface area contributed by atoms with E-state index in [1.807, 2.05) is 4.90 Å². The lowest BCUT2D eigenvalue weighted by atomic mass is 9.33. The van der Waals surface area contributed by atoms with Gasteiger partial charge in [0, 0.05) is 50.7 Å². The highest BCUT2D eigenvalue weighted by molar-refractivity contribution is 5.94. The van der Waals surface area contributed by atoms with E-state index in [1.54, 1.807) is 30.1 Å². The summed E-state index contributed by atoms with van der Waals surface area (Å²) in [5, 5.41) is 11.1. The second-order valence-electron chi connectivity index (χ2n) is 18.7. The maximum atomic E-state index is 14.5. The molecule has 10 unspecified atom stereocenters. The molecular weight excluding hydrogens is 610 g/mol. The normalized spacial score (nSPS) is 43.3. The van der Waals surface area contributed by atoms with Crippen LogP contribution in [0.5, 0.6) is 0 Å². The molecule has 6 aliphatic rings. The van der Waals surface area contributed by atoms with E-state index in [2.05, 4.69) is 64.4 Å². The summed E-state index contributed by atoms with van der Waals surface area (Å²) >= 11 is 0. The number of amides is 1. The molecule has 0 spiro atoms. The molecule has 0 radical (unpaired) electrons. The molecule has 270 valence electrons. The number of allylic oxidation sites excluding steroid dienone is 2. The first-order valence-electron chi connectivity index (χ1n) is 19.7. The molecule has 1 aromatic rings. The van der Waals surface area contributed by atoms with E-state index in [-0.39, 0.29) is 45.6 Å². The van der Waals surface area contributed by atoms with Crippen LogP contribution in [0.15, 0.2) is 36.2 Å². The summed E-state index contributed by atoms with van der Waals surface area (Å²) in [6.45, 7) is 21.3. The van der Waals surface area contributed by atoms with E-state index in [0.717, 1.165) is 58.0 Å². The van der Waals surface area contributed by atoms with Gasteiger partial charge in [-0.15, -0.1) is 0 Å². The predicted octanol–water partition coefficient (Wildman–Crippen LogP) is 7.40. The predicted molar refractivity (Wildman–Crippen MR) is 193 cm³/mol. The molecule has 1 amide bonds. The molecule has 0 aromatic carbocycles. The Hall–Kier alpha value is -2.25. The monoisotopic (exact) mass is 673 g/mol. The number of rotatable bonds is 5. The van der Waals surface area contributed by atoms with Gasteiger partial charge in [0.15, 0.2) is 0 Å². The van der Waals surface area contributed by atoms with Crippen LogP contribution >= 0.6 is 0 Å². The van der Waals surface area contributed by atoms with Crippen LogP contribution in [0.4, 0.5) is 0 Å². The minimum absolute atomic E-state index is 0.0386. The van der Waals surface area contributed by atoms with Gasteiger partial charge < -0.3 is 14.7 Å². The number of carbonyl (C=O) groups is 2. The summed E-state index contributed by atoms with van der Waals surface area (Å²) in [6.07, 6.45) is 15.3. The molecule has 10 atom stereocenters. The van der Waals surface area contributed by atoms with Crippen LogP contribution in [-0.4, -0.2) is 77.2 Å². The molecular formula is C42H63N3O4. The van der Waals surface area contributed by atoms with Crippen LogP contribution in [0, 0.1) is 56.7 Å². The number of pyridine rings is 1. The van der Waals surface area contributed by atoms with E-state index >= 15 is 0 Å². The van der Waals surface area contributed by atoms with E-state index in [1.165, 1.54) is 12.8 Å². The van der Waals surface area contributed by atoms with Crippen molar-refractivity contribution in [3.63, 3.8) is 0 Å². The number of ether oxygens (including phenoxy) is 1. The fraction of sp³-hybridized carbons (Fsp3) is 0.786. The number of aromatic nitrogens is 1. The molecule has 1 N–H and O–H groups in total. The maximum Gasteiger partial charge on any atom is 0.312 e. The minimum Gasteiger partial charge on any atom is -0.464 e. The first-order valence-corrected chi connectivity index (χ1v) is 19.7. The van der Waals surface area contributed by atoms with Crippen molar-refractivity contribution in [2.45, 2.75) is 112 Å². The molecule has 1 saturated heterocycles. The first-order chi connectivity index (χ1) is 23.2. The van der Waals surface area contributed by atoms with E-state index in [4.69, 9.17) is 4.74 Å². The number of hydrogen-bond acceptors (Lipinski definition) is 6. The topological polar surface area (TPSA) is 83.0 Å². The number of aliphatic hydroxyl groups is 1. The van der Waals surface area contributed by atoms with Gasteiger partial charge in [0.1, 0.15) is 6.61 Å². The summed E-state index contributed by atoms with van der Waals surface area (Å²) in [6, 6.07) is 3.55. The molecule has 0 bridgehead atoms. The Bertz CT molecular complexity index is 1450. The number of nitrogens with zero attached hydrogens (tertiary/aromatic N) is 3. The first kappa shape index (κ1) is 35.2. The van der Waals surface area contributed by atoms with Gasteiger partial charge in [0.2, 0.25) is 0 Å². The van der Waals surface area contributed by atoms with Gasteiger partial charge in [-0.05, 0) is 121 Å². The van der Waals surface area contributed by atoms with E-state index in [9.17, 15) is 14.7 Å². The van der Waals surface area contributed by atoms with Crippen molar-refractivity contribution in [2.75, 3.05) is 39.3 Å². The van der Waals surface area contributed by atoms with Gasteiger partial charge in [-0.1, -0.05) is 60.1 Å². The molecule has 5 fully saturated rings. The van der Waals surface area contributed by atoms with Crippen LogP contribution < -0.4 is 0 Å². The Balaban J connectivity index is 1.06. The van der Waals surface area contributed by atoms with Crippen molar-refractivity contribution in [2.24, 2.45) is 56.7 Å². The standard InChI is InChI=1S/C42H63N3O4/c1-28-10-17-42(37(48)49-27-26-44-22-24-45(25-23-44)36(47)30-13-20-43-21-14-30)19-18-40(6)31(35(42)29(28)2)8-9-33-39(5)15-12-34(46)38(3,4)32(39)11-16-41(33,40)7/h8,13-14,20-21,28-29,32-35,46H,9-12,15-19,22-27H2,1-7H3. The van der Waals surface area contributed by atoms with Crippen molar-refractivity contribution in [3.8, 4) is 0 Å². The third kappa shape index (κ3) is 5.28. The summed E-state index contributed by atoms with van der Waals surface area (Å²) < 4.78 is 6.32. The number of esters is 1. The number of aliphatic hydroxyl groups excluding tert-OH is 1. The second kappa shape index (κ2) is 12.5. The lowest BCUT2D eigenvalue weighted by molar-refractivity contribution is -0.207. The fourth-order valence-electron chi connectivity index (χ4n) is 13.1. The molecule has 1 aromatic heterocycles. The van der Waals surface area contributed by atoms with Crippen molar-refractivity contribution < 1.29 is 19.4 Å². The Morgan fingerprint density at radius 2 is 1.61 bits per heavy atom. The number of piperazine rings is 1. The van der Waals surface area contributed by atoms with Crippen LogP contribution in [0.1, 0.15) is 117 Å². The molecule has 1 aliphatic heterocycles. The van der Waals surface area contributed by atoms with Crippen LogP contribution in [-0.2, 0) is 9.53 Å². The molecule has 7 heteroatoms. The Morgan fingerprint density at radius 3 is 2.33 bits per heavy atom. The van der Waals surface area contributed by atoms with Crippen molar-refractivity contribution in [1.82, 2.24) is 14.8 Å². The molecule has 49 heavy (non-hydrogen) atoms. The summed E-state index contributed by atoms with van der Waals surface area (Å²) in [4.78, 5) is 35.7. The van der Waals surface area contributed by atoms with Gasteiger partial charge >= 0.3 is 5.97 Å². The Morgan fingerprint density at radius 1 is 0.898 bits per heavy atom. The largest absolute Gasteiger partial charge is 0.464 e. The second-order valence-corrected chi connectivity index (χ2v) is 18.7. The SMILES string of the molecule is CC1CCC2(C(=O)OCCN3CCN(C(=O)c4ccncc4)CC3)CCC3(C)C(=CCC4C5(C)CCC(O)C(C)(C)C5CCC43C)C2C1C. The molecule has 5 aliphatic carbocycles. The molecule has 7 rings (SSSR count). The van der Waals surface area contributed by atoms with E-state index in [0.29, 0.717) is 55.5 Å². The fourth-order valence-corrected chi connectivity index (χ4v) is 13.1. The average molecular weight is 674 g/mol. The molecule has 2 heterocycles. The molecule has 4 saturated carbocycles. The zero-order chi connectivity index (χ0) is 35.0. The maximum absolute atomic E-state index is 14.5. The van der Waals surface area contributed by atoms with Gasteiger partial charge in [0.25, 0.3) is 5.91 Å². The lowest BCUT2D eigenvalue weighted by Gasteiger charge is -2.71. The van der Waals surface area contributed by atoms with E-state index < -0.39 is 5.41 Å². The van der Waals surface area contributed by atoms with Crippen LogP contribution in [0.3, 0.4) is 0 Å². The summed E-state index contributed by atoms with van der Waals surface area (Å²) in [7, 11) is 0. The highest BCUT2D eigenvalue weighted by Crippen LogP contribution is 2.75. The van der Waals surface area contributed by atoms with Crippen LogP contribution in [0.2, 0.25) is 0 Å². The van der Waals surface area contributed by atoms with Crippen LogP contribution in [0.25, 0.3) is 0 Å². The van der Waals surface area contributed by atoms with Gasteiger partial charge in [0.05, 0.1) is 11.5 Å². The zero-order valence-corrected chi connectivity index (χ0v) is 31.5. The minimum atomic E-state index is -0.436. The average Bonchev–Trinajstić information content (AvgIpc) is 3.09. The summed E-state index contributed by atoms with van der Waals surface area (Å²) in [5.41, 5.74) is 2.24. The van der Waals surface area contributed by atoms with Gasteiger partial charge in [-0.3, -0.25) is 19.5 Å². The molecule has 7 nitrogen and oxygen atoms in total. The zero-order valence-electron chi connectivity index (χ0n) is 31.5. The number of carbonyl (C=O) groups excluding carboxylic acids is 2. The van der Waals surface area contributed by atoms with Crippen molar-refractivity contribution >= 4 is 11.9 Å². The highest BCUT2D eigenvalue weighted by Gasteiger charge is 2.69. The quantitative estimate of drug-likeness (QED) is 0.259. The third-order valence-electron chi connectivity index (χ3n) is 16.6. The lowest BCUT2D eigenvalue weighted by Crippen LogP contribution is -2.65. The number of fused-ring (bicyclic) bond motifs is 7. The number of hydrogen-bond donors (Lipinski definition) is 1. The third-order valence-corrected chi connectivity index (χ3v) is 16.6. The highest BCUT2D eigenvalue weighted by atomic mass is 16.5. The van der Waals surface area contributed by atoms with Crippen molar-refractivity contribution in [1.29, 1.82) is 0 Å². The Labute approximate surface area is 295 Å².